The van der Waals surface area contributed by atoms with Gasteiger partial charge in [-0.3, -0.25) is 9.59 Å². The van der Waals surface area contributed by atoms with Crippen molar-refractivity contribution in [3.05, 3.63) is 18.2 Å². The number of thiazole rings is 1. The second-order valence-corrected chi connectivity index (χ2v) is 7.61. The van der Waals surface area contributed by atoms with Crippen LogP contribution in [-0.4, -0.2) is 54.2 Å². The van der Waals surface area contributed by atoms with Crippen molar-refractivity contribution in [3.63, 3.8) is 0 Å². The van der Waals surface area contributed by atoms with Gasteiger partial charge in [-0.1, -0.05) is 25.2 Å². The fourth-order valence-electron chi connectivity index (χ4n) is 2.58. The average Bonchev–Trinajstić information content (AvgIpc) is 3.28. The summed E-state index contributed by atoms with van der Waals surface area (Å²) >= 11 is 1.06. The standard InChI is InChI=1S/C9H5F3N2O2S.C9H18N2O/c10-9(11,12)16-5-1-2-6-7(3-5)17-8(14-6)13-4-15;1-8(2)10-7-9(12)11-5-3-4-6-11/h1-4H,(H,13,14,15);8,10H,3-7H2,1-2H3. The number of anilines is 1. The van der Waals surface area contributed by atoms with Crippen LogP contribution in [0.4, 0.5) is 18.3 Å². The quantitative estimate of drug-likeness (QED) is 0.684. The summed E-state index contributed by atoms with van der Waals surface area (Å²) in [6.45, 7) is 6.52. The molecule has 0 bridgehead atoms. The third-order valence-corrected chi connectivity index (χ3v) is 4.85. The molecule has 2 amide bonds. The molecule has 0 radical (unpaired) electrons. The number of carbonyl (C=O) groups is 2. The highest BCUT2D eigenvalue weighted by Gasteiger charge is 2.31. The average molecular weight is 432 g/mol. The van der Waals surface area contributed by atoms with Crippen LogP contribution in [-0.2, 0) is 9.59 Å². The number of hydrogen-bond acceptors (Lipinski definition) is 6. The number of aromatic nitrogens is 1. The van der Waals surface area contributed by atoms with Crippen LogP contribution in [0.25, 0.3) is 10.2 Å². The predicted octanol–water partition coefficient (Wildman–Crippen LogP) is 3.37. The molecule has 0 atom stereocenters. The van der Waals surface area contributed by atoms with Crippen molar-refractivity contribution >= 4 is 39.0 Å². The van der Waals surface area contributed by atoms with Crippen molar-refractivity contribution in [3.8, 4) is 5.75 Å². The Hall–Kier alpha value is -2.40. The topological polar surface area (TPSA) is 83.6 Å². The van der Waals surface area contributed by atoms with Gasteiger partial charge in [-0.05, 0) is 25.0 Å². The zero-order valence-electron chi connectivity index (χ0n) is 16.1. The van der Waals surface area contributed by atoms with Crippen LogP contribution in [0.1, 0.15) is 26.7 Å². The zero-order valence-corrected chi connectivity index (χ0v) is 16.9. The van der Waals surface area contributed by atoms with Crippen LogP contribution in [0.2, 0.25) is 0 Å². The van der Waals surface area contributed by atoms with Gasteiger partial charge in [-0.2, -0.15) is 0 Å². The number of nitrogens with zero attached hydrogens (tertiary/aromatic N) is 2. The van der Waals surface area contributed by atoms with Crippen molar-refractivity contribution in [1.29, 1.82) is 0 Å². The molecule has 1 aromatic carbocycles. The maximum Gasteiger partial charge on any atom is 0.573 e. The van der Waals surface area contributed by atoms with E-state index in [0.717, 1.165) is 24.4 Å². The third-order valence-electron chi connectivity index (χ3n) is 3.90. The van der Waals surface area contributed by atoms with Gasteiger partial charge in [0.05, 0.1) is 16.8 Å². The Morgan fingerprint density at radius 2 is 2.03 bits per heavy atom. The van der Waals surface area contributed by atoms with Crippen molar-refractivity contribution in [2.24, 2.45) is 0 Å². The van der Waals surface area contributed by atoms with Gasteiger partial charge >= 0.3 is 6.36 Å². The van der Waals surface area contributed by atoms with E-state index in [1.807, 2.05) is 4.90 Å². The molecule has 160 valence electrons. The molecular formula is C18H23F3N4O3S. The minimum absolute atomic E-state index is 0.251. The highest BCUT2D eigenvalue weighted by Crippen LogP contribution is 2.31. The smallest absolute Gasteiger partial charge is 0.406 e. The summed E-state index contributed by atoms with van der Waals surface area (Å²) in [5.41, 5.74) is 0.494. The van der Waals surface area contributed by atoms with Crippen molar-refractivity contribution in [2.75, 3.05) is 25.0 Å². The molecule has 3 rings (SSSR count). The minimum atomic E-state index is -4.72. The van der Waals surface area contributed by atoms with E-state index in [1.54, 1.807) is 0 Å². The molecule has 1 fully saturated rings. The summed E-state index contributed by atoms with van der Waals surface area (Å²) in [4.78, 5) is 27.5. The molecule has 11 heteroatoms. The second-order valence-electron chi connectivity index (χ2n) is 6.58. The SMILES string of the molecule is CC(C)NCC(=O)N1CCCC1.O=CNc1nc2ccc(OC(F)(F)F)cc2s1. The Bertz CT molecular complexity index is 820. The maximum atomic E-state index is 12.0. The van der Waals surface area contributed by atoms with E-state index in [-0.39, 0.29) is 11.7 Å². The van der Waals surface area contributed by atoms with E-state index in [0.29, 0.717) is 34.3 Å². The zero-order chi connectivity index (χ0) is 21.4. The van der Waals surface area contributed by atoms with Gasteiger partial charge in [0.2, 0.25) is 12.3 Å². The molecule has 2 N–H and O–H groups in total. The fraction of sp³-hybridized carbons (Fsp3) is 0.500. The molecule has 1 aliphatic heterocycles. The lowest BCUT2D eigenvalue weighted by atomic mass is 10.3. The van der Waals surface area contributed by atoms with Gasteiger partial charge in [0.1, 0.15) is 5.75 Å². The van der Waals surface area contributed by atoms with E-state index < -0.39 is 6.36 Å². The highest BCUT2D eigenvalue weighted by atomic mass is 32.1. The van der Waals surface area contributed by atoms with Gasteiger partial charge in [0.15, 0.2) is 5.13 Å². The van der Waals surface area contributed by atoms with Crippen molar-refractivity contribution in [2.45, 2.75) is 39.1 Å². The van der Waals surface area contributed by atoms with Gasteiger partial charge in [-0.25, -0.2) is 4.98 Å². The summed E-state index contributed by atoms with van der Waals surface area (Å²) in [6.07, 6.45) is -1.92. The summed E-state index contributed by atoms with van der Waals surface area (Å²) in [7, 11) is 0. The van der Waals surface area contributed by atoms with Crippen LogP contribution < -0.4 is 15.4 Å². The summed E-state index contributed by atoms with van der Waals surface area (Å²) in [6, 6.07) is 4.18. The number of nitrogens with one attached hydrogen (secondary N) is 2. The molecule has 0 aliphatic carbocycles. The van der Waals surface area contributed by atoms with E-state index in [9.17, 15) is 22.8 Å². The normalized spacial score (nSPS) is 13.9. The van der Waals surface area contributed by atoms with Crippen LogP contribution in [0, 0.1) is 0 Å². The van der Waals surface area contributed by atoms with Gasteiger partial charge in [-0.15, -0.1) is 13.2 Å². The largest absolute Gasteiger partial charge is 0.573 e. The van der Waals surface area contributed by atoms with E-state index in [4.69, 9.17) is 0 Å². The van der Waals surface area contributed by atoms with E-state index >= 15 is 0 Å². The first kappa shape index (κ1) is 22.9. The highest BCUT2D eigenvalue weighted by molar-refractivity contribution is 7.22. The van der Waals surface area contributed by atoms with E-state index in [1.165, 1.54) is 31.0 Å². The van der Waals surface area contributed by atoms with Crippen LogP contribution in [0.3, 0.4) is 0 Å². The Morgan fingerprint density at radius 3 is 2.62 bits per heavy atom. The van der Waals surface area contributed by atoms with Crippen molar-refractivity contribution in [1.82, 2.24) is 15.2 Å². The van der Waals surface area contributed by atoms with Gasteiger partial charge in [0, 0.05) is 25.2 Å². The van der Waals surface area contributed by atoms with Crippen LogP contribution >= 0.6 is 11.3 Å². The molecule has 1 saturated heterocycles. The van der Waals surface area contributed by atoms with Crippen LogP contribution in [0.15, 0.2) is 18.2 Å². The lowest BCUT2D eigenvalue weighted by Crippen LogP contribution is -2.38. The maximum absolute atomic E-state index is 12.0. The number of likely N-dealkylation sites (tertiary alicyclic amines) is 1. The molecule has 29 heavy (non-hydrogen) atoms. The molecule has 7 nitrogen and oxygen atoms in total. The Morgan fingerprint density at radius 1 is 1.34 bits per heavy atom. The fourth-order valence-corrected chi connectivity index (χ4v) is 3.44. The summed E-state index contributed by atoms with van der Waals surface area (Å²) in [5, 5.41) is 5.78. The first-order valence-corrected chi connectivity index (χ1v) is 9.87. The molecule has 2 heterocycles. The summed E-state index contributed by atoms with van der Waals surface area (Å²) in [5.74, 6) is -0.0625. The molecule has 0 spiro atoms. The number of carbonyl (C=O) groups excluding carboxylic acids is 2. The minimum Gasteiger partial charge on any atom is -0.406 e. The second kappa shape index (κ2) is 10.4. The number of fused-ring (bicyclic) bond motifs is 1. The number of alkyl halides is 3. The first-order valence-electron chi connectivity index (χ1n) is 9.05. The third kappa shape index (κ3) is 7.86. The molecule has 0 unspecified atom stereocenters. The lowest BCUT2D eigenvalue weighted by molar-refractivity contribution is -0.274. The molecule has 2 aromatic rings. The summed E-state index contributed by atoms with van der Waals surface area (Å²) < 4.78 is 40.2. The van der Waals surface area contributed by atoms with Gasteiger partial charge in [0.25, 0.3) is 0 Å². The molecule has 0 saturated carbocycles. The Labute approximate surface area is 170 Å². The number of benzene rings is 1. The molecular weight excluding hydrogens is 409 g/mol. The Kier molecular flexibility index (Phi) is 8.21. The molecule has 1 aromatic heterocycles. The van der Waals surface area contributed by atoms with Crippen molar-refractivity contribution < 1.29 is 27.5 Å². The van der Waals surface area contributed by atoms with E-state index in [2.05, 4.69) is 34.2 Å². The number of amides is 2. The lowest BCUT2D eigenvalue weighted by Gasteiger charge is -2.16. The Balaban J connectivity index is 0.000000221. The predicted molar refractivity (Wildman–Crippen MR) is 105 cm³/mol. The van der Waals surface area contributed by atoms with Gasteiger partial charge < -0.3 is 20.3 Å². The monoisotopic (exact) mass is 432 g/mol. The number of halogens is 3. The number of hydrogen-bond donors (Lipinski definition) is 2. The molecule has 1 aliphatic rings. The number of ether oxygens (including phenoxy) is 1. The number of rotatable bonds is 6. The first-order chi connectivity index (χ1) is 13.7. The van der Waals surface area contributed by atoms with Crippen LogP contribution in [0.5, 0.6) is 5.75 Å².